The summed E-state index contributed by atoms with van der Waals surface area (Å²) in [5, 5.41) is 2.73. The van der Waals surface area contributed by atoms with E-state index in [4.69, 9.17) is 0 Å². The molecule has 102 valence electrons. The van der Waals surface area contributed by atoms with Crippen molar-refractivity contribution >= 4 is 12.0 Å². The molecule has 5 heteroatoms. The molecular weight excluding hydrogens is 232 g/mol. The number of rotatable bonds is 3. The third kappa shape index (κ3) is 2.94. The number of hydrogen-bond acceptors (Lipinski definition) is 3. The van der Waals surface area contributed by atoms with Crippen LogP contribution in [0.3, 0.4) is 0 Å². The highest BCUT2D eigenvalue weighted by molar-refractivity contribution is 5.86. The van der Waals surface area contributed by atoms with E-state index in [2.05, 4.69) is 10.1 Å². The summed E-state index contributed by atoms with van der Waals surface area (Å²) in [5.41, 5.74) is 0. The van der Waals surface area contributed by atoms with Gasteiger partial charge in [0.2, 0.25) is 5.91 Å². The molecule has 0 aromatic rings. The predicted octanol–water partition coefficient (Wildman–Crippen LogP) is 1.52. The normalized spacial score (nSPS) is 21.9. The zero-order chi connectivity index (χ0) is 13.0. The van der Waals surface area contributed by atoms with Crippen LogP contribution in [0.5, 0.6) is 0 Å². The molecule has 1 aliphatic carbocycles. The molecule has 0 bridgehead atoms. The second kappa shape index (κ2) is 6.07. The second-order valence-electron chi connectivity index (χ2n) is 5.19. The Morgan fingerprint density at radius 1 is 1.17 bits per heavy atom. The van der Waals surface area contributed by atoms with Crippen molar-refractivity contribution in [3.63, 3.8) is 0 Å². The van der Waals surface area contributed by atoms with Crippen LogP contribution in [-0.2, 0) is 9.53 Å². The fraction of sp³-hybridized carbons (Fsp3) is 0.846. The van der Waals surface area contributed by atoms with Gasteiger partial charge in [-0.1, -0.05) is 12.8 Å². The average molecular weight is 254 g/mol. The van der Waals surface area contributed by atoms with Crippen LogP contribution in [0.25, 0.3) is 0 Å². The lowest BCUT2D eigenvalue weighted by Crippen LogP contribution is -2.51. The molecule has 2 aliphatic rings. The van der Waals surface area contributed by atoms with E-state index < -0.39 is 12.1 Å². The molecule has 1 unspecified atom stereocenters. The zero-order valence-corrected chi connectivity index (χ0v) is 11.0. The number of likely N-dealkylation sites (tertiary alicyclic amines) is 1. The summed E-state index contributed by atoms with van der Waals surface area (Å²) in [4.78, 5) is 25.7. The molecule has 2 rings (SSSR count). The van der Waals surface area contributed by atoms with Crippen LogP contribution in [0, 0.1) is 5.92 Å². The van der Waals surface area contributed by atoms with Crippen molar-refractivity contribution in [2.75, 3.05) is 20.2 Å². The van der Waals surface area contributed by atoms with E-state index in [9.17, 15) is 9.59 Å². The highest BCUT2D eigenvalue weighted by Crippen LogP contribution is 2.29. The molecule has 1 saturated carbocycles. The number of nitrogens with zero attached hydrogens (tertiary/aromatic N) is 1. The van der Waals surface area contributed by atoms with Gasteiger partial charge in [-0.05, 0) is 31.6 Å². The standard InChI is InChI=1S/C13H22N2O3/c1-18-13(17)14-11(10-6-2-3-7-10)12(16)15-8-4-5-9-15/h10-11H,2-9H2,1H3,(H,14,17). The summed E-state index contributed by atoms with van der Waals surface area (Å²) in [6.07, 6.45) is 5.99. The van der Waals surface area contributed by atoms with Gasteiger partial charge in [-0.15, -0.1) is 0 Å². The van der Waals surface area contributed by atoms with Crippen molar-refractivity contribution in [1.82, 2.24) is 10.2 Å². The molecule has 1 saturated heterocycles. The number of methoxy groups -OCH3 is 1. The molecule has 2 fully saturated rings. The minimum absolute atomic E-state index is 0.0739. The van der Waals surface area contributed by atoms with Crippen LogP contribution in [0.1, 0.15) is 38.5 Å². The Morgan fingerprint density at radius 3 is 2.33 bits per heavy atom. The van der Waals surface area contributed by atoms with Crippen LogP contribution in [0.15, 0.2) is 0 Å². The monoisotopic (exact) mass is 254 g/mol. The number of nitrogens with one attached hydrogen (secondary N) is 1. The van der Waals surface area contributed by atoms with Crippen LogP contribution in [-0.4, -0.2) is 43.1 Å². The molecule has 0 aromatic carbocycles. The summed E-state index contributed by atoms with van der Waals surface area (Å²) in [5.74, 6) is 0.349. The fourth-order valence-electron chi connectivity index (χ4n) is 2.99. The van der Waals surface area contributed by atoms with Crippen LogP contribution < -0.4 is 5.32 Å². The number of carbonyl (C=O) groups excluding carboxylic acids is 2. The van der Waals surface area contributed by atoms with Gasteiger partial charge in [0.15, 0.2) is 0 Å². The highest BCUT2D eigenvalue weighted by Gasteiger charge is 2.35. The van der Waals surface area contributed by atoms with Gasteiger partial charge in [0.1, 0.15) is 6.04 Å². The molecule has 0 radical (unpaired) electrons. The Morgan fingerprint density at radius 2 is 1.78 bits per heavy atom. The quantitative estimate of drug-likeness (QED) is 0.830. The third-order valence-electron chi connectivity index (χ3n) is 4.01. The first-order valence-electron chi connectivity index (χ1n) is 6.85. The summed E-state index contributed by atoms with van der Waals surface area (Å²) >= 11 is 0. The van der Waals surface area contributed by atoms with E-state index in [-0.39, 0.29) is 11.8 Å². The third-order valence-corrected chi connectivity index (χ3v) is 4.01. The van der Waals surface area contributed by atoms with Gasteiger partial charge in [-0.25, -0.2) is 4.79 Å². The van der Waals surface area contributed by atoms with E-state index in [0.717, 1.165) is 51.6 Å². The molecule has 0 spiro atoms. The first-order chi connectivity index (χ1) is 8.72. The molecule has 1 heterocycles. The topological polar surface area (TPSA) is 58.6 Å². The number of hydrogen-bond donors (Lipinski definition) is 1. The first-order valence-corrected chi connectivity index (χ1v) is 6.85. The Bertz CT molecular complexity index is 307. The molecule has 1 N–H and O–H groups in total. The summed E-state index contributed by atoms with van der Waals surface area (Å²) in [6, 6.07) is -0.391. The van der Waals surface area contributed by atoms with Crippen molar-refractivity contribution in [2.24, 2.45) is 5.92 Å². The Labute approximate surface area is 108 Å². The minimum Gasteiger partial charge on any atom is -0.453 e. The lowest BCUT2D eigenvalue weighted by molar-refractivity contribution is -0.133. The van der Waals surface area contributed by atoms with Gasteiger partial charge in [0.05, 0.1) is 7.11 Å². The molecule has 0 aromatic heterocycles. The molecule has 2 amide bonds. The van der Waals surface area contributed by atoms with Crippen LogP contribution in [0.4, 0.5) is 4.79 Å². The predicted molar refractivity (Wildman–Crippen MR) is 67.1 cm³/mol. The Kier molecular flexibility index (Phi) is 4.44. The lowest BCUT2D eigenvalue weighted by Gasteiger charge is -2.27. The maximum absolute atomic E-state index is 12.4. The largest absolute Gasteiger partial charge is 0.453 e. The highest BCUT2D eigenvalue weighted by atomic mass is 16.5. The zero-order valence-electron chi connectivity index (χ0n) is 11.0. The van der Waals surface area contributed by atoms with Crippen LogP contribution in [0.2, 0.25) is 0 Å². The summed E-state index contributed by atoms with van der Waals surface area (Å²) in [6.45, 7) is 1.65. The summed E-state index contributed by atoms with van der Waals surface area (Å²) in [7, 11) is 1.33. The fourth-order valence-corrected chi connectivity index (χ4v) is 2.99. The van der Waals surface area contributed by atoms with Crippen molar-refractivity contribution < 1.29 is 14.3 Å². The first kappa shape index (κ1) is 13.2. The summed E-state index contributed by atoms with van der Waals surface area (Å²) < 4.78 is 4.63. The van der Waals surface area contributed by atoms with E-state index in [1.165, 1.54) is 7.11 Å². The van der Waals surface area contributed by atoms with E-state index in [1.807, 2.05) is 4.90 Å². The number of ether oxygens (including phenoxy) is 1. The molecule has 1 atom stereocenters. The lowest BCUT2D eigenvalue weighted by atomic mass is 9.97. The van der Waals surface area contributed by atoms with Gasteiger partial charge in [-0.2, -0.15) is 0 Å². The van der Waals surface area contributed by atoms with Crippen molar-refractivity contribution in [1.29, 1.82) is 0 Å². The maximum Gasteiger partial charge on any atom is 0.407 e. The maximum atomic E-state index is 12.4. The van der Waals surface area contributed by atoms with Gasteiger partial charge >= 0.3 is 6.09 Å². The second-order valence-corrected chi connectivity index (χ2v) is 5.19. The Balaban J connectivity index is 2.02. The van der Waals surface area contributed by atoms with Gasteiger partial charge in [0.25, 0.3) is 0 Å². The number of carbonyl (C=O) groups is 2. The van der Waals surface area contributed by atoms with Gasteiger partial charge in [-0.3, -0.25) is 4.79 Å². The van der Waals surface area contributed by atoms with E-state index in [0.29, 0.717) is 0 Å². The van der Waals surface area contributed by atoms with Crippen molar-refractivity contribution in [3.8, 4) is 0 Å². The van der Waals surface area contributed by atoms with E-state index >= 15 is 0 Å². The minimum atomic E-state index is -0.501. The van der Waals surface area contributed by atoms with Gasteiger partial charge in [0, 0.05) is 13.1 Å². The van der Waals surface area contributed by atoms with Crippen molar-refractivity contribution in [3.05, 3.63) is 0 Å². The number of amides is 2. The van der Waals surface area contributed by atoms with Gasteiger partial charge < -0.3 is 15.0 Å². The molecular formula is C13H22N2O3. The van der Waals surface area contributed by atoms with E-state index in [1.54, 1.807) is 0 Å². The number of alkyl carbamates (subject to hydrolysis) is 1. The Hall–Kier alpha value is -1.26. The molecule has 1 aliphatic heterocycles. The van der Waals surface area contributed by atoms with Crippen molar-refractivity contribution in [2.45, 2.75) is 44.6 Å². The molecule has 5 nitrogen and oxygen atoms in total. The molecule has 18 heavy (non-hydrogen) atoms. The smallest absolute Gasteiger partial charge is 0.407 e. The SMILES string of the molecule is COC(=O)NC(C(=O)N1CCCC1)C1CCCC1. The average Bonchev–Trinajstić information content (AvgIpc) is 3.06. The van der Waals surface area contributed by atoms with Crippen LogP contribution >= 0.6 is 0 Å².